The maximum atomic E-state index is 11.2. The summed E-state index contributed by atoms with van der Waals surface area (Å²) in [5.41, 5.74) is 0. The number of hydrogen-bond acceptors (Lipinski definition) is 7. The smallest absolute Gasteiger partial charge is 0.548 e. The molecule has 10 heteroatoms. The fourth-order valence-electron chi connectivity index (χ4n) is 2.44. The van der Waals surface area contributed by atoms with Gasteiger partial charge in [0.25, 0.3) is 0 Å². The Kier molecular flexibility index (Phi) is 14.7. The number of rotatable bonds is 13. The minimum atomic E-state index is -1.33. The van der Waals surface area contributed by atoms with Gasteiger partial charge in [-0.2, -0.15) is 0 Å². The van der Waals surface area contributed by atoms with Crippen LogP contribution in [0, 0.1) is 0 Å². The molecule has 0 heterocycles. The first-order valence-corrected chi connectivity index (χ1v) is 8.53. The SMILES string of the molecule is CC/C=C/C(O)CN(CCN(C(C)C(=O)O)C(C)C(=O)O)C(C)C(=O)[O-].[Na+]. The van der Waals surface area contributed by atoms with E-state index < -0.39 is 42.1 Å². The van der Waals surface area contributed by atoms with E-state index >= 15 is 0 Å². The summed E-state index contributed by atoms with van der Waals surface area (Å²) in [6.07, 6.45) is 3.11. The van der Waals surface area contributed by atoms with Crippen molar-refractivity contribution in [2.75, 3.05) is 19.6 Å². The van der Waals surface area contributed by atoms with Crippen LogP contribution in [0.15, 0.2) is 12.2 Å². The third-order valence-electron chi connectivity index (χ3n) is 4.26. The van der Waals surface area contributed by atoms with Crippen molar-refractivity contribution in [2.24, 2.45) is 0 Å². The first kappa shape index (κ1) is 28.2. The summed E-state index contributed by atoms with van der Waals surface area (Å²) in [6.45, 7) is 6.09. The molecule has 27 heavy (non-hydrogen) atoms. The fraction of sp³-hybridized carbons (Fsp3) is 0.706. The minimum Gasteiger partial charge on any atom is -0.548 e. The zero-order valence-corrected chi connectivity index (χ0v) is 18.7. The molecule has 3 N–H and O–H groups in total. The molecule has 0 spiro atoms. The monoisotopic (exact) mass is 396 g/mol. The van der Waals surface area contributed by atoms with Gasteiger partial charge in [-0.15, -0.1) is 0 Å². The van der Waals surface area contributed by atoms with E-state index in [1.165, 1.54) is 30.6 Å². The predicted molar refractivity (Wildman–Crippen MR) is 92.4 cm³/mol. The summed E-state index contributed by atoms with van der Waals surface area (Å²) in [5, 5.41) is 39.6. The van der Waals surface area contributed by atoms with Crippen LogP contribution in [0.3, 0.4) is 0 Å². The molecule has 0 radical (unpaired) electrons. The molecule has 0 aromatic carbocycles. The van der Waals surface area contributed by atoms with E-state index in [0.29, 0.717) is 6.42 Å². The standard InChI is InChI=1S/C17H30N2O7.Na/c1-5-6-7-14(20)10-18(11(2)15(21)22)8-9-19(12(3)16(23)24)13(4)17(25)26;/h6-7,11-14,20H,5,8-10H2,1-4H3,(H,21,22)(H,23,24)(H,25,26);/q;+1/p-1/b7-6+;. The molecule has 0 aromatic heterocycles. The molecule has 0 bridgehead atoms. The normalized spacial score (nSPS) is 16.0. The Balaban J connectivity index is 0. The van der Waals surface area contributed by atoms with E-state index in [1.54, 1.807) is 12.2 Å². The average molecular weight is 396 g/mol. The Labute approximate surface area is 181 Å². The quantitative estimate of drug-likeness (QED) is 0.210. The van der Waals surface area contributed by atoms with Crippen LogP contribution in [0.1, 0.15) is 34.1 Å². The number of aliphatic hydroxyl groups excluding tert-OH is 1. The van der Waals surface area contributed by atoms with Gasteiger partial charge in [0, 0.05) is 25.7 Å². The summed E-state index contributed by atoms with van der Waals surface area (Å²) in [7, 11) is 0. The number of carbonyl (C=O) groups excluding carboxylic acids is 1. The Bertz CT molecular complexity index is 496. The fourth-order valence-corrected chi connectivity index (χ4v) is 2.44. The van der Waals surface area contributed by atoms with Crippen molar-refractivity contribution >= 4 is 17.9 Å². The molecule has 0 saturated carbocycles. The first-order chi connectivity index (χ1) is 12.0. The van der Waals surface area contributed by atoms with Crippen LogP contribution < -0.4 is 34.7 Å². The Morgan fingerprint density at radius 1 is 1.00 bits per heavy atom. The molecule has 0 saturated heterocycles. The molecule has 0 rings (SSSR count). The summed E-state index contributed by atoms with van der Waals surface area (Å²) >= 11 is 0. The van der Waals surface area contributed by atoms with Gasteiger partial charge in [0.05, 0.1) is 12.1 Å². The second-order valence-corrected chi connectivity index (χ2v) is 6.16. The van der Waals surface area contributed by atoms with Crippen LogP contribution in [-0.2, 0) is 14.4 Å². The number of hydrogen-bond donors (Lipinski definition) is 3. The first-order valence-electron chi connectivity index (χ1n) is 8.53. The van der Waals surface area contributed by atoms with E-state index in [4.69, 9.17) is 0 Å². The molecule has 0 fully saturated rings. The van der Waals surface area contributed by atoms with Crippen molar-refractivity contribution < 1.29 is 64.4 Å². The van der Waals surface area contributed by atoms with Gasteiger partial charge < -0.3 is 25.2 Å². The number of carboxylic acids is 3. The maximum absolute atomic E-state index is 11.2. The van der Waals surface area contributed by atoms with Gasteiger partial charge in [0.15, 0.2) is 0 Å². The van der Waals surface area contributed by atoms with Gasteiger partial charge in [-0.05, 0) is 27.2 Å². The second kappa shape index (κ2) is 14.1. The van der Waals surface area contributed by atoms with E-state index in [9.17, 15) is 34.8 Å². The van der Waals surface area contributed by atoms with Gasteiger partial charge >= 0.3 is 41.5 Å². The van der Waals surface area contributed by atoms with Crippen molar-refractivity contribution in [1.82, 2.24) is 9.80 Å². The predicted octanol–water partition coefficient (Wildman–Crippen LogP) is -3.99. The van der Waals surface area contributed by atoms with Crippen LogP contribution in [-0.4, -0.2) is 86.9 Å². The number of carbonyl (C=O) groups is 3. The molecule has 150 valence electrons. The molecule has 0 aliphatic carbocycles. The molecule has 0 amide bonds. The van der Waals surface area contributed by atoms with E-state index in [0.717, 1.165) is 0 Å². The van der Waals surface area contributed by atoms with Crippen molar-refractivity contribution in [3.05, 3.63) is 12.2 Å². The maximum Gasteiger partial charge on any atom is 1.00 e. The molecule has 9 nitrogen and oxygen atoms in total. The molecule has 4 atom stereocenters. The van der Waals surface area contributed by atoms with Gasteiger partial charge in [0.1, 0.15) is 12.1 Å². The molecule has 0 aliphatic rings. The number of aliphatic hydroxyl groups is 1. The zero-order valence-electron chi connectivity index (χ0n) is 16.7. The van der Waals surface area contributed by atoms with Crippen molar-refractivity contribution in [3.8, 4) is 0 Å². The Morgan fingerprint density at radius 2 is 1.48 bits per heavy atom. The average Bonchev–Trinajstić information content (AvgIpc) is 2.57. The van der Waals surface area contributed by atoms with Gasteiger partial charge in [-0.25, -0.2) is 0 Å². The summed E-state index contributed by atoms with van der Waals surface area (Å²) < 4.78 is 0. The summed E-state index contributed by atoms with van der Waals surface area (Å²) in [5.74, 6) is -3.69. The van der Waals surface area contributed by atoms with Crippen LogP contribution >= 0.6 is 0 Å². The van der Waals surface area contributed by atoms with Gasteiger partial charge in [0.2, 0.25) is 0 Å². The largest absolute Gasteiger partial charge is 1.00 e. The Morgan fingerprint density at radius 3 is 1.85 bits per heavy atom. The third-order valence-corrected chi connectivity index (χ3v) is 4.26. The zero-order chi connectivity index (χ0) is 20.4. The summed E-state index contributed by atoms with van der Waals surface area (Å²) in [4.78, 5) is 36.4. The second-order valence-electron chi connectivity index (χ2n) is 6.16. The van der Waals surface area contributed by atoms with Crippen LogP contribution in [0.5, 0.6) is 0 Å². The van der Waals surface area contributed by atoms with Crippen molar-refractivity contribution in [3.63, 3.8) is 0 Å². The molecular weight excluding hydrogens is 367 g/mol. The molecule has 4 unspecified atom stereocenters. The van der Waals surface area contributed by atoms with E-state index in [-0.39, 0.29) is 49.2 Å². The third kappa shape index (κ3) is 10.2. The number of aliphatic carboxylic acids is 3. The topological polar surface area (TPSA) is 141 Å². The van der Waals surface area contributed by atoms with E-state index in [1.807, 2.05) is 6.92 Å². The van der Waals surface area contributed by atoms with Crippen LogP contribution in [0.2, 0.25) is 0 Å². The van der Waals surface area contributed by atoms with Crippen LogP contribution in [0.25, 0.3) is 0 Å². The molecule has 0 aliphatic heterocycles. The van der Waals surface area contributed by atoms with Crippen molar-refractivity contribution in [2.45, 2.75) is 58.3 Å². The minimum absolute atomic E-state index is 0. The number of nitrogens with zero attached hydrogens (tertiary/aromatic N) is 2. The van der Waals surface area contributed by atoms with Crippen LogP contribution in [0.4, 0.5) is 0 Å². The summed E-state index contributed by atoms with van der Waals surface area (Å²) in [6, 6.07) is -3.15. The molecular formula is C17H29N2NaO7. The van der Waals surface area contributed by atoms with Gasteiger partial charge in [-0.1, -0.05) is 19.1 Å². The van der Waals surface area contributed by atoms with E-state index in [2.05, 4.69) is 0 Å². The number of carboxylic acid groups (broad SMARTS) is 3. The number of allylic oxidation sites excluding steroid dienone is 1. The van der Waals surface area contributed by atoms with Gasteiger partial charge in [-0.3, -0.25) is 19.4 Å². The van der Waals surface area contributed by atoms with Crippen molar-refractivity contribution in [1.29, 1.82) is 0 Å². The molecule has 0 aromatic rings. The Hall–Kier alpha value is -0.970.